The zero-order chi connectivity index (χ0) is 13.2. The molecule has 1 aromatic rings. The summed E-state index contributed by atoms with van der Waals surface area (Å²) in [6, 6.07) is 0. The summed E-state index contributed by atoms with van der Waals surface area (Å²) in [6.07, 6.45) is -2.66. The lowest BCUT2D eigenvalue weighted by Crippen LogP contribution is -2.22. The number of hydrogen-bond donors (Lipinski definition) is 0. The molecule has 1 heterocycles. The van der Waals surface area contributed by atoms with Crippen molar-refractivity contribution in [1.82, 2.24) is 9.78 Å². The highest BCUT2D eigenvalue weighted by Crippen LogP contribution is 2.68. The molecule has 98 valence electrons. The van der Waals surface area contributed by atoms with Gasteiger partial charge in [0.1, 0.15) is 11.4 Å². The van der Waals surface area contributed by atoms with Crippen molar-refractivity contribution in [3.05, 3.63) is 17.0 Å². The monoisotopic (exact) mass is 262 g/mol. The minimum atomic E-state index is -3.14. The van der Waals surface area contributed by atoms with Crippen LogP contribution in [0.4, 0.5) is 17.6 Å². The van der Waals surface area contributed by atoms with Crippen LogP contribution in [-0.2, 0) is 17.3 Å². The van der Waals surface area contributed by atoms with Crippen LogP contribution in [0.1, 0.15) is 42.6 Å². The normalized spacial score (nSPS) is 27.2. The van der Waals surface area contributed by atoms with Gasteiger partial charge in [-0.05, 0) is 19.3 Å². The summed E-state index contributed by atoms with van der Waals surface area (Å²) in [5, 5.41) is 3.51. The molecule has 0 aromatic carbocycles. The van der Waals surface area contributed by atoms with Crippen LogP contribution < -0.4 is 0 Å². The van der Waals surface area contributed by atoms with Gasteiger partial charge < -0.3 is 0 Å². The first-order chi connectivity index (χ1) is 8.34. The quantitative estimate of drug-likeness (QED) is 0.785. The molecule has 2 aliphatic rings. The van der Waals surface area contributed by atoms with Crippen LogP contribution in [0.3, 0.4) is 0 Å². The van der Waals surface area contributed by atoms with E-state index in [9.17, 15) is 22.4 Å². The van der Waals surface area contributed by atoms with E-state index in [1.54, 1.807) is 0 Å². The summed E-state index contributed by atoms with van der Waals surface area (Å²) in [6.45, 7) is 0.827. The number of carbonyl (C=O) groups is 1. The van der Waals surface area contributed by atoms with Gasteiger partial charge in [0, 0.05) is 11.5 Å². The van der Waals surface area contributed by atoms with Crippen molar-refractivity contribution in [2.75, 3.05) is 0 Å². The molecule has 0 unspecified atom stereocenters. The van der Waals surface area contributed by atoms with E-state index in [-0.39, 0.29) is 18.5 Å². The third-order valence-corrected chi connectivity index (χ3v) is 3.54. The van der Waals surface area contributed by atoms with Gasteiger partial charge in [0.2, 0.25) is 0 Å². The fraction of sp³-hybridized carbons (Fsp3) is 0.636. The molecule has 0 spiro atoms. The lowest BCUT2D eigenvalue weighted by molar-refractivity contribution is -0.118. The van der Waals surface area contributed by atoms with Crippen LogP contribution in [-0.4, -0.2) is 15.6 Å². The molecule has 0 radical (unpaired) electrons. The average Bonchev–Trinajstić information content (AvgIpc) is 2.88. The van der Waals surface area contributed by atoms with E-state index in [0.29, 0.717) is 0 Å². The Bertz CT molecular complexity index is 537. The van der Waals surface area contributed by atoms with Crippen molar-refractivity contribution in [2.24, 2.45) is 5.92 Å². The molecule has 0 saturated heterocycles. The lowest BCUT2D eigenvalue weighted by atomic mass is 10.1. The Labute approximate surface area is 99.8 Å². The summed E-state index contributed by atoms with van der Waals surface area (Å²) in [5.41, 5.74) is -1.09. The second kappa shape index (κ2) is 3.33. The number of alkyl halides is 4. The van der Waals surface area contributed by atoms with Gasteiger partial charge in [-0.1, -0.05) is 0 Å². The molecule has 0 aliphatic heterocycles. The van der Waals surface area contributed by atoms with Crippen molar-refractivity contribution in [2.45, 2.75) is 38.2 Å². The zero-order valence-electron chi connectivity index (χ0n) is 9.46. The maximum atomic E-state index is 13.9. The third kappa shape index (κ3) is 1.36. The number of Topliss-reactive ketones (excluding diaryl/α,β-unsaturated/α-hetero) is 1. The van der Waals surface area contributed by atoms with Crippen molar-refractivity contribution in [3.63, 3.8) is 0 Å². The van der Waals surface area contributed by atoms with Crippen molar-refractivity contribution in [1.29, 1.82) is 0 Å². The van der Waals surface area contributed by atoms with E-state index in [1.807, 2.05) is 0 Å². The highest BCUT2D eigenvalue weighted by Gasteiger charge is 2.67. The molecule has 3 nitrogen and oxygen atoms in total. The highest BCUT2D eigenvalue weighted by atomic mass is 19.3. The molecule has 1 aromatic heterocycles. The Hall–Kier alpha value is -1.40. The Morgan fingerprint density at radius 3 is 2.78 bits per heavy atom. The number of carbonyl (C=O) groups excluding carboxylic acids is 1. The van der Waals surface area contributed by atoms with Gasteiger partial charge >= 0.3 is 0 Å². The molecule has 2 atom stereocenters. The second-order valence-corrected chi connectivity index (χ2v) is 4.88. The number of fused-ring (bicyclic) bond motifs is 3. The van der Waals surface area contributed by atoms with E-state index < -0.39 is 41.4 Å². The molecule has 7 heteroatoms. The Morgan fingerprint density at radius 1 is 1.56 bits per heavy atom. The van der Waals surface area contributed by atoms with Crippen LogP contribution in [0.5, 0.6) is 0 Å². The largest absolute Gasteiger partial charge is 0.298 e. The number of hydrogen-bond acceptors (Lipinski definition) is 2. The minimum Gasteiger partial charge on any atom is -0.298 e. The number of aromatic nitrogens is 2. The van der Waals surface area contributed by atoms with Crippen LogP contribution in [0.15, 0.2) is 0 Å². The molecule has 18 heavy (non-hydrogen) atoms. The van der Waals surface area contributed by atoms with Gasteiger partial charge in [-0.3, -0.25) is 9.48 Å². The molecular weight excluding hydrogens is 252 g/mol. The topological polar surface area (TPSA) is 34.9 Å². The number of rotatable bonds is 3. The van der Waals surface area contributed by atoms with Gasteiger partial charge in [0.05, 0.1) is 6.54 Å². The van der Waals surface area contributed by atoms with Crippen molar-refractivity contribution >= 4 is 5.78 Å². The summed E-state index contributed by atoms with van der Waals surface area (Å²) >= 11 is 0. The predicted molar refractivity (Wildman–Crippen MR) is 52.6 cm³/mol. The summed E-state index contributed by atoms with van der Waals surface area (Å²) in [7, 11) is 0. The predicted octanol–water partition coefficient (Wildman–Crippen LogP) is 2.62. The number of nitrogens with zero attached hydrogens (tertiary/aromatic N) is 2. The summed E-state index contributed by atoms with van der Waals surface area (Å²) in [5.74, 6) is -4.94. The van der Waals surface area contributed by atoms with Gasteiger partial charge in [-0.15, -0.1) is 0 Å². The van der Waals surface area contributed by atoms with Crippen molar-refractivity contribution in [3.8, 4) is 0 Å². The number of halogens is 4. The van der Waals surface area contributed by atoms with Gasteiger partial charge in [-0.25, -0.2) is 8.78 Å². The SMILES string of the molecule is CC(=O)Cn1nc(C(F)F)c2c1C(F)(F)[C@@H]1C[C@H]21. The highest BCUT2D eigenvalue weighted by molar-refractivity contribution is 5.75. The van der Waals surface area contributed by atoms with E-state index in [1.165, 1.54) is 6.92 Å². The van der Waals surface area contributed by atoms with Crippen LogP contribution in [0.2, 0.25) is 0 Å². The van der Waals surface area contributed by atoms with E-state index in [0.717, 1.165) is 4.68 Å². The summed E-state index contributed by atoms with van der Waals surface area (Å²) in [4.78, 5) is 11.0. The lowest BCUT2D eigenvalue weighted by Gasteiger charge is -2.14. The molecular formula is C11H10F4N2O. The molecule has 0 bridgehead atoms. The Balaban J connectivity index is 2.16. The maximum Gasteiger partial charge on any atom is 0.293 e. The Kier molecular flexibility index (Phi) is 2.16. The first-order valence-electron chi connectivity index (χ1n) is 5.60. The van der Waals surface area contributed by atoms with Gasteiger partial charge in [-0.2, -0.15) is 13.9 Å². The molecule has 0 amide bonds. The van der Waals surface area contributed by atoms with E-state index >= 15 is 0 Å². The number of ketones is 1. The van der Waals surface area contributed by atoms with Gasteiger partial charge in [0.15, 0.2) is 5.78 Å². The van der Waals surface area contributed by atoms with E-state index in [2.05, 4.69) is 5.10 Å². The first-order valence-corrected chi connectivity index (χ1v) is 5.60. The average molecular weight is 262 g/mol. The minimum absolute atomic E-state index is 0.0266. The van der Waals surface area contributed by atoms with Gasteiger partial charge in [0.25, 0.3) is 12.3 Å². The standard InChI is InChI=1S/C11H10F4N2O/c1-4(18)3-17-9-7(8(16-17)10(12)13)5-2-6(5)11(9,14)15/h5-6,10H,2-3H2,1H3/t5-,6+/m0/s1. The smallest absolute Gasteiger partial charge is 0.293 e. The molecule has 1 saturated carbocycles. The zero-order valence-corrected chi connectivity index (χ0v) is 9.46. The third-order valence-electron chi connectivity index (χ3n) is 3.54. The maximum absolute atomic E-state index is 13.9. The molecule has 3 rings (SSSR count). The fourth-order valence-electron chi connectivity index (χ4n) is 2.79. The van der Waals surface area contributed by atoms with Crippen LogP contribution >= 0.6 is 0 Å². The van der Waals surface area contributed by atoms with Crippen LogP contribution in [0.25, 0.3) is 0 Å². The van der Waals surface area contributed by atoms with E-state index in [4.69, 9.17) is 0 Å². The van der Waals surface area contributed by atoms with Crippen molar-refractivity contribution < 1.29 is 22.4 Å². The first kappa shape index (κ1) is 11.7. The molecule has 1 fully saturated rings. The molecule has 0 N–H and O–H groups in total. The Morgan fingerprint density at radius 2 is 2.22 bits per heavy atom. The molecule has 2 aliphatic carbocycles. The van der Waals surface area contributed by atoms with Crippen LogP contribution in [0, 0.1) is 5.92 Å². The summed E-state index contributed by atoms with van der Waals surface area (Å²) < 4.78 is 54.3. The fourth-order valence-corrected chi connectivity index (χ4v) is 2.79. The second-order valence-electron chi connectivity index (χ2n) is 4.88.